The second-order valence-electron chi connectivity index (χ2n) is 6.38. The van der Waals surface area contributed by atoms with Crippen LogP contribution in [0.3, 0.4) is 0 Å². The molecule has 4 rings (SSSR count). The van der Waals surface area contributed by atoms with E-state index in [-0.39, 0.29) is 6.10 Å². The maximum absolute atomic E-state index is 5.86. The molecule has 1 saturated heterocycles. The van der Waals surface area contributed by atoms with E-state index in [0.29, 0.717) is 0 Å². The van der Waals surface area contributed by atoms with E-state index in [1.165, 1.54) is 6.42 Å². The van der Waals surface area contributed by atoms with Crippen molar-refractivity contribution in [3.05, 3.63) is 48.8 Å². The van der Waals surface area contributed by atoms with Gasteiger partial charge >= 0.3 is 0 Å². The Bertz CT molecular complexity index is 861. The lowest BCUT2D eigenvalue weighted by Crippen LogP contribution is -2.21. The molecule has 0 N–H and O–H groups in total. The van der Waals surface area contributed by atoms with E-state index in [0.717, 1.165) is 53.2 Å². The highest BCUT2D eigenvalue weighted by molar-refractivity contribution is 7.99. The number of aromatic nitrogens is 4. The van der Waals surface area contributed by atoms with Crippen LogP contribution in [0.5, 0.6) is 5.75 Å². The minimum absolute atomic E-state index is 0.284. The van der Waals surface area contributed by atoms with Crippen LogP contribution in [-0.2, 0) is 4.74 Å². The number of nitrogens with zero attached hydrogens (tertiary/aromatic N) is 4. The number of hydrogen-bond acceptors (Lipinski definition) is 6. The van der Waals surface area contributed by atoms with Gasteiger partial charge in [0.15, 0.2) is 11.0 Å². The lowest BCUT2D eigenvalue weighted by molar-refractivity contribution is 0.0315. The van der Waals surface area contributed by atoms with Crippen LogP contribution in [0.15, 0.2) is 53.9 Å². The Labute approximate surface area is 162 Å². The number of rotatable bonds is 6. The molecule has 0 radical (unpaired) electrons. The van der Waals surface area contributed by atoms with Crippen LogP contribution in [0.25, 0.3) is 17.1 Å². The van der Waals surface area contributed by atoms with Gasteiger partial charge in [0.1, 0.15) is 5.75 Å². The van der Waals surface area contributed by atoms with Crippen molar-refractivity contribution in [2.24, 2.45) is 0 Å². The van der Waals surface area contributed by atoms with Gasteiger partial charge in [-0.15, -0.1) is 10.2 Å². The van der Waals surface area contributed by atoms with Crippen LogP contribution >= 0.6 is 11.8 Å². The van der Waals surface area contributed by atoms with E-state index in [1.807, 2.05) is 42.6 Å². The highest BCUT2D eigenvalue weighted by atomic mass is 32.2. The molecule has 140 valence electrons. The maximum atomic E-state index is 5.86. The molecule has 0 bridgehead atoms. The molecule has 3 heterocycles. The summed E-state index contributed by atoms with van der Waals surface area (Å²) in [5.41, 5.74) is 1.92. The fourth-order valence-electron chi connectivity index (χ4n) is 3.12. The first-order valence-corrected chi connectivity index (χ1v) is 10.1. The molecule has 7 heteroatoms. The van der Waals surface area contributed by atoms with Crippen LogP contribution in [-0.4, -0.2) is 45.3 Å². The monoisotopic (exact) mass is 382 g/mol. The Kier molecular flexibility index (Phi) is 5.69. The summed E-state index contributed by atoms with van der Waals surface area (Å²) in [6.07, 6.45) is 7.35. The summed E-state index contributed by atoms with van der Waals surface area (Å²) in [5, 5.41) is 9.76. The summed E-state index contributed by atoms with van der Waals surface area (Å²) in [7, 11) is 1.67. The highest BCUT2D eigenvalue weighted by Crippen LogP contribution is 2.30. The largest absolute Gasteiger partial charge is 0.497 e. The zero-order valence-corrected chi connectivity index (χ0v) is 16.1. The van der Waals surface area contributed by atoms with Crippen molar-refractivity contribution in [1.82, 2.24) is 19.7 Å². The Balaban J connectivity index is 1.66. The first-order valence-electron chi connectivity index (χ1n) is 9.10. The molecule has 1 unspecified atom stereocenters. The predicted octanol–water partition coefficient (Wildman–Crippen LogP) is 4.00. The number of thioether (sulfide) groups is 1. The van der Waals surface area contributed by atoms with Crippen molar-refractivity contribution in [3.63, 3.8) is 0 Å². The molecule has 1 aliphatic rings. The molecule has 0 aliphatic carbocycles. The summed E-state index contributed by atoms with van der Waals surface area (Å²) < 4.78 is 13.2. The lowest BCUT2D eigenvalue weighted by Gasteiger charge is -2.22. The van der Waals surface area contributed by atoms with Crippen molar-refractivity contribution >= 4 is 11.8 Å². The molecule has 1 fully saturated rings. The van der Waals surface area contributed by atoms with Crippen molar-refractivity contribution in [2.75, 3.05) is 19.5 Å². The zero-order valence-electron chi connectivity index (χ0n) is 15.2. The molecule has 0 spiro atoms. The summed E-state index contributed by atoms with van der Waals surface area (Å²) in [6.45, 7) is 0.858. The summed E-state index contributed by atoms with van der Waals surface area (Å²) >= 11 is 1.69. The van der Waals surface area contributed by atoms with E-state index >= 15 is 0 Å². The third kappa shape index (κ3) is 4.14. The fraction of sp³-hybridized carbons (Fsp3) is 0.350. The van der Waals surface area contributed by atoms with E-state index in [2.05, 4.69) is 19.7 Å². The Morgan fingerprint density at radius 2 is 2.07 bits per heavy atom. The topological polar surface area (TPSA) is 62.1 Å². The van der Waals surface area contributed by atoms with Gasteiger partial charge in [0.25, 0.3) is 0 Å². The van der Waals surface area contributed by atoms with Gasteiger partial charge in [-0.2, -0.15) is 0 Å². The van der Waals surface area contributed by atoms with Gasteiger partial charge in [0, 0.05) is 36.0 Å². The van der Waals surface area contributed by atoms with Gasteiger partial charge in [0.05, 0.1) is 13.2 Å². The van der Waals surface area contributed by atoms with Gasteiger partial charge in [-0.05, 0) is 55.7 Å². The molecule has 0 amide bonds. The molecule has 1 atom stereocenters. The minimum Gasteiger partial charge on any atom is -0.497 e. The SMILES string of the molecule is COc1ccc(-n2c(SCC3CCCCO3)nnc2-c2cccnc2)cc1. The van der Waals surface area contributed by atoms with Crippen LogP contribution in [0.1, 0.15) is 19.3 Å². The Hall–Kier alpha value is -2.38. The van der Waals surface area contributed by atoms with E-state index in [4.69, 9.17) is 9.47 Å². The van der Waals surface area contributed by atoms with Gasteiger partial charge in [-0.25, -0.2) is 0 Å². The summed E-state index contributed by atoms with van der Waals surface area (Å²) in [5.74, 6) is 2.47. The molecule has 2 aromatic heterocycles. The molecule has 6 nitrogen and oxygen atoms in total. The van der Waals surface area contributed by atoms with Crippen LogP contribution in [0, 0.1) is 0 Å². The number of hydrogen-bond donors (Lipinski definition) is 0. The summed E-state index contributed by atoms with van der Waals surface area (Å²) in [4.78, 5) is 4.22. The summed E-state index contributed by atoms with van der Waals surface area (Å²) in [6, 6.07) is 11.8. The quantitative estimate of drug-likeness (QED) is 0.601. The van der Waals surface area contributed by atoms with E-state index in [9.17, 15) is 0 Å². The van der Waals surface area contributed by atoms with E-state index in [1.54, 1.807) is 25.1 Å². The van der Waals surface area contributed by atoms with Gasteiger partial charge in [-0.3, -0.25) is 9.55 Å². The normalized spacial score (nSPS) is 17.0. The van der Waals surface area contributed by atoms with Crippen LogP contribution in [0.2, 0.25) is 0 Å². The molecular weight excluding hydrogens is 360 g/mol. The number of ether oxygens (including phenoxy) is 2. The minimum atomic E-state index is 0.284. The van der Waals surface area contributed by atoms with Gasteiger partial charge < -0.3 is 9.47 Å². The highest BCUT2D eigenvalue weighted by Gasteiger charge is 2.19. The van der Waals surface area contributed by atoms with E-state index < -0.39 is 0 Å². The third-order valence-electron chi connectivity index (χ3n) is 4.56. The third-order valence-corrected chi connectivity index (χ3v) is 5.62. The molecule has 1 aliphatic heterocycles. The van der Waals surface area contributed by atoms with Crippen LogP contribution in [0.4, 0.5) is 0 Å². The fourth-order valence-corrected chi connectivity index (χ4v) is 4.13. The number of pyridine rings is 1. The first-order chi connectivity index (χ1) is 13.3. The lowest BCUT2D eigenvalue weighted by atomic mass is 10.1. The molecular formula is C20H22N4O2S. The Morgan fingerprint density at radius 3 is 2.78 bits per heavy atom. The smallest absolute Gasteiger partial charge is 0.196 e. The second-order valence-corrected chi connectivity index (χ2v) is 7.37. The zero-order chi connectivity index (χ0) is 18.5. The number of methoxy groups -OCH3 is 1. The second kappa shape index (κ2) is 8.54. The standard InChI is InChI=1S/C20H22N4O2S/c1-25-17-9-7-16(8-10-17)24-19(15-5-4-11-21-13-15)22-23-20(24)27-14-18-6-2-3-12-26-18/h4-5,7-11,13,18H,2-3,6,12,14H2,1H3. The average Bonchev–Trinajstić information content (AvgIpc) is 3.17. The Morgan fingerprint density at radius 1 is 1.19 bits per heavy atom. The average molecular weight is 382 g/mol. The van der Waals surface area contributed by atoms with Crippen LogP contribution < -0.4 is 4.74 Å². The molecule has 27 heavy (non-hydrogen) atoms. The molecule has 1 aromatic carbocycles. The van der Waals surface area contributed by atoms with Crippen molar-refractivity contribution in [1.29, 1.82) is 0 Å². The van der Waals surface area contributed by atoms with Gasteiger partial charge in [-0.1, -0.05) is 11.8 Å². The van der Waals surface area contributed by atoms with Crippen molar-refractivity contribution in [2.45, 2.75) is 30.5 Å². The molecule has 0 saturated carbocycles. The number of benzene rings is 1. The molecule has 3 aromatic rings. The first kappa shape index (κ1) is 18.0. The van der Waals surface area contributed by atoms with Crippen molar-refractivity contribution < 1.29 is 9.47 Å². The predicted molar refractivity (Wildman–Crippen MR) is 105 cm³/mol. The maximum Gasteiger partial charge on any atom is 0.196 e. The van der Waals surface area contributed by atoms with Crippen molar-refractivity contribution in [3.8, 4) is 22.8 Å². The van der Waals surface area contributed by atoms with Gasteiger partial charge in [0.2, 0.25) is 0 Å².